The molecule has 0 saturated heterocycles. The number of allylic oxidation sites excluding steroid dienone is 1. The third-order valence-corrected chi connectivity index (χ3v) is 2.22. The molecule has 0 fully saturated rings. The second kappa shape index (κ2) is 7.75. The summed E-state index contributed by atoms with van der Waals surface area (Å²) in [6.07, 6.45) is 1.34. The lowest BCUT2D eigenvalue weighted by Gasteiger charge is -2.13. The van der Waals surface area contributed by atoms with Crippen molar-refractivity contribution in [2.24, 2.45) is 0 Å². The van der Waals surface area contributed by atoms with Gasteiger partial charge in [-0.05, 0) is 31.2 Å². The summed E-state index contributed by atoms with van der Waals surface area (Å²) in [4.78, 5) is 0. The van der Waals surface area contributed by atoms with E-state index in [1.807, 2.05) is 6.92 Å². The third-order valence-electron chi connectivity index (χ3n) is 2.22. The highest BCUT2D eigenvalue weighted by Gasteiger charge is 2.02. The number of benzene rings is 1. The standard InChI is InChI=1S/C14H15N3O2/c1-11(10-18-2)19-14-5-3-13(4-6-14)17-9-12(7-15)8-16/h3-6,9,11,17H,10H2,1-2H3. The van der Waals surface area contributed by atoms with Gasteiger partial charge in [-0.15, -0.1) is 0 Å². The molecule has 5 heteroatoms. The highest BCUT2D eigenvalue weighted by atomic mass is 16.5. The number of ether oxygens (including phenoxy) is 2. The van der Waals surface area contributed by atoms with Crippen LogP contribution in [0, 0.1) is 22.7 Å². The van der Waals surface area contributed by atoms with E-state index in [9.17, 15) is 0 Å². The van der Waals surface area contributed by atoms with Crippen molar-refractivity contribution in [1.82, 2.24) is 0 Å². The molecule has 0 aliphatic heterocycles. The molecule has 0 radical (unpaired) electrons. The first-order chi connectivity index (χ1) is 9.19. The molecule has 0 amide bonds. The summed E-state index contributed by atoms with van der Waals surface area (Å²) in [6, 6.07) is 10.8. The second-order valence-electron chi connectivity index (χ2n) is 3.83. The molecule has 0 bridgehead atoms. The molecule has 5 nitrogen and oxygen atoms in total. The fourth-order valence-electron chi connectivity index (χ4n) is 1.38. The number of nitriles is 2. The van der Waals surface area contributed by atoms with E-state index in [0.717, 1.165) is 11.4 Å². The molecule has 0 aromatic heterocycles. The van der Waals surface area contributed by atoms with Crippen LogP contribution in [0.5, 0.6) is 5.75 Å². The molecule has 1 aromatic carbocycles. The number of rotatable bonds is 6. The number of nitrogens with zero attached hydrogens (tertiary/aromatic N) is 2. The molecular formula is C14H15N3O2. The Morgan fingerprint density at radius 1 is 1.32 bits per heavy atom. The average molecular weight is 257 g/mol. The minimum absolute atomic E-state index is 0.0208. The largest absolute Gasteiger partial charge is 0.488 e. The Balaban J connectivity index is 2.60. The fourth-order valence-corrected chi connectivity index (χ4v) is 1.38. The van der Waals surface area contributed by atoms with Gasteiger partial charge in [0.1, 0.15) is 29.6 Å². The maximum absolute atomic E-state index is 8.59. The van der Waals surface area contributed by atoms with Crippen LogP contribution in [-0.2, 0) is 4.74 Å². The van der Waals surface area contributed by atoms with Gasteiger partial charge in [-0.25, -0.2) is 0 Å². The van der Waals surface area contributed by atoms with Crippen molar-refractivity contribution in [3.63, 3.8) is 0 Å². The maximum atomic E-state index is 8.59. The number of anilines is 1. The van der Waals surface area contributed by atoms with Crippen LogP contribution in [0.1, 0.15) is 6.92 Å². The van der Waals surface area contributed by atoms with E-state index >= 15 is 0 Å². The lowest BCUT2D eigenvalue weighted by Crippen LogP contribution is -2.17. The Hall–Kier alpha value is -2.50. The van der Waals surface area contributed by atoms with Crippen molar-refractivity contribution < 1.29 is 9.47 Å². The van der Waals surface area contributed by atoms with E-state index in [1.165, 1.54) is 6.20 Å². The Morgan fingerprint density at radius 2 is 1.95 bits per heavy atom. The van der Waals surface area contributed by atoms with E-state index < -0.39 is 0 Å². The summed E-state index contributed by atoms with van der Waals surface area (Å²) < 4.78 is 10.6. The van der Waals surface area contributed by atoms with Crippen molar-refractivity contribution in [2.45, 2.75) is 13.0 Å². The molecule has 0 heterocycles. The highest BCUT2D eigenvalue weighted by molar-refractivity contribution is 5.51. The first-order valence-electron chi connectivity index (χ1n) is 5.72. The van der Waals surface area contributed by atoms with Gasteiger partial charge in [0.15, 0.2) is 0 Å². The van der Waals surface area contributed by atoms with E-state index in [0.29, 0.717) is 6.61 Å². The summed E-state index contributed by atoms with van der Waals surface area (Å²) in [7, 11) is 1.63. The number of hydrogen-bond acceptors (Lipinski definition) is 5. The highest BCUT2D eigenvalue weighted by Crippen LogP contribution is 2.17. The van der Waals surface area contributed by atoms with E-state index in [2.05, 4.69) is 5.32 Å². The molecule has 19 heavy (non-hydrogen) atoms. The second-order valence-corrected chi connectivity index (χ2v) is 3.83. The zero-order valence-electron chi connectivity index (χ0n) is 10.9. The van der Waals surface area contributed by atoms with Crippen LogP contribution >= 0.6 is 0 Å². The molecule has 98 valence electrons. The minimum atomic E-state index is -0.0208. The number of methoxy groups -OCH3 is 1. The van der Waals surface area contributed by atoms with Crippen LogP contribution in [0.4, 0.5) is 5.69 Å². The molecule has 1 aromatic rings. The van der Waals surface area contributed by atoms with Gasteiger partial charge in [0.2, 0.25) is 0 Å². The molecular weight excluding hydrogens is 242 g/mol. The SMILES string of the molecule is COCC(C)Oc1ccc(NC=C(C#N)C#N)cc1. The van der Waals surface area contributed by atoms with E-state index in [1.54, 1.807) is 43.5 Å². The molecule has 0 saturated carbocycles. The summed E-state index contributed by atoms with van der Waals surface area (Å²) in [5.74, 6) is 0.736. The molecule has 0 aliphatic rings. The first kappa shape index (κ1) is 14.6. The van der Waals surface area contributed by atoms with Crippen molar-refractivity contribution in [1.29, 1.82) is 10.5 Å². The topological polar surface area (TPSA) is 78.1 Å². The first-order valence-corrected chi connectivity index (χ1v) is 5.72. The number of hydrogen-bond donors (Lipinski definition) is 1. The Bertz CT molecular complexity index is 493. The van der Waals surface area contributed by atoms with Crippen LogP contribution in [0.2, 0.25) is 0 Å². The Morgan fingerprint density at radius 3 is 2.47 bits per heavy atom. The lowest BCUT2D eigenvalue weighted by molar-refractivity contribution is 0.0921. The van der Waals surface area contributed by atoms with Gasteiger partial charge < -0.3 is 14.8 Å². The Labute approximate surface area is 112 Å². The van der Waals surface area contributed by atoms with Gasteiger partial charge in [-0.3, -0.25) is 0 Å². The van der Waals surface area contributed by atoms with Crippen LogP contribution < -0.4 is 10.1 Å². The van der Waals surface area contributed by atoms with Crippen LogP contribution in [0.25, 0.3) is 0 Å². The molecule has 0 aliphatic carbocycles. The van der Waals surface area contributed by atoms with Gasteiger partial charge >= 0.3 is 0 Å². The number of nitrogens with one attached hydrogen (secondary N) is 1. The van der Waals surface area contributed by atoms with Gasteiger partial charge in [0.25, 0.3) is 0 Å². The van der Waals surface area contributed by atoms with Crippen molar-refractivity contribution >= 4 is 5.69 Å². The average Bonchev–Trinajstić information content (AvgIpc) is 2.42. The van der Waals surface area contributed by atoms with Gasteiger partial charge in [0.05, 0.1) is 6.61 Å². The monoisotopic (exact) mass is 257 g/mol. The molecule has 1 atom stereocenters. The predicted molar refractivity (Wildman–Crippen MR) is 71.3 cm³/mol. The van der Waals surface area contributed by atoms with Gasteiger partial charge in [-0.2, -0.15) is 10.5 Å². The van der Waals surface area contributed by atoms with Gasteiger partial charge in [-0.1, -0.05) is 0 Å². The summed E-state index contributed by atoms with van der Waals surface area (Å²) >= 11 is 0. The smallest absolute Gasteiger partial charge is 0.145 e. The third kappa shape index (κ3) is 5.12. The zero-order chi connectivity index (χ0) is 14.1. The van der Waals surface area contributed by atoms with Crippen LogP contribution in [-0.4, -0.2) is 19.8 Å². The summed E-state index contributed by atoms with van der Waals surface area (Å²) in [5, 5.41) is 20.0. The maximum Gasteiger partial charge on any atom is 0.145 e. The van der Waals surface area contributed by atoms with Crippen molar-refractivity contribution in [2.75, 3.05) is 19.0 Å². The van der Waals surface area contributed by atoms with Gasteiger partial charge in [0, 0.05) is 19.0 Å². The summed E-state index contributed by atoms with van der Waals surface area (Å²) in [6.45, 7) is 2.45. The Kier molecular flexibility index (Phi) is 5.94. The molecule has 1 N–H and O–H groups in total. The summed E-state index contributed by atoms with van der Waals surface area (Å²) in [5.41, 5.74) is 0.795. The quantitative estimate of drug-likeness (QED) is 0.792. The fraction of sp³-hybridized carbons (Fsp3) is 0.286. The molecule has 1 unspecified atom stereocenters. The lowest BCUT2D eigenvalue weighted by atomic mass is 10.3. The normalized spacial score (nSPS) is 10.7. The van der Waals surface area contributed by atoms with E-state index in [4.69, 9.17) is 20.0 Å². The minimum Gasteiger partial charge on any atom is -0.488 e. The van der Waals surface area contributed by atoms with Crippen LogP contribution in [0.3, 0.4) is 0 Å². The molecule has 1 rings (SSSR count). The van der Waals surface area contributed by atoms with Crippen LogP contribution in [0.15, 0.2) is 36.0 Å². The zero-order valence-corrected chi connectivity index (χ0v) is 10.9. The predicted octanol–water partition coefficient (Wildman–Crippen LogP) is 2.44. The van der Waals surface area contributed by atoms with E-state index in [-0.39, 0.29) is 11.7 Å². The van der Waals surface area contributed by atoms with Crippen molar-refractivity contribution in [3.8, 4) is 17.9 Å². The molecule has 0 spiro atoms. The van der Waals surface area contributed by atoms with Crippen molar-refractivity contribution in [3.05, 3.63) is 36.0 Å².